The van der Waals surface area contributed by atoms with Gasteiger partial charge in [0.15, 0.2) is 0 Å². The molecule has 0 radical (unpaired) electrons. The number of hydrogen-bond acceptors (Lipinski definition) is 7. The molecule has 0 saturated carbocycles. The minimum absolute atomic E-state index is 0.0715. The highest BCUT2D eigenvalue weighted by molar-refractivity contribution is 5.97. The Morgan fingerprint density at radius 1 is 1.15 bits per heavy atom. The zero-order valence-corrected chi connectivity index (χ0v) is 19.0. The molecule has 2 aromatic carbocycles. The molecule has 1 saturated heterocycles. The molecular formula is C26H26N4O4. The van der Waals surface area contributed by atoms with E-state index in [1.54, 1.807) is 19.1 Å². The number of carbonyl (C=O) groups excluding carboxylic acids is 1. The predicted octanol–water partition coefficient (Wildman–Crippen LogP) is 3.84. The second-order valence-electron chi connectivity index (χ2n) is 8.51. The molecule has 3 heterocycles. The lowest BCUT2D eigenvalue weighted by atomic mass is 9.99. The van der Waals surface area contributed by atoms with Crippen molar-refractivity contribution in [2.24, 2.45) is 5.92 Å². The monoisotopic (exact) mass is 458 g/mol. The molecule has 1 aliphatic heterocycles. The van der Waals surface area contributed by atoms with E-state index < -0.39 is 0 Å². The maximum absolute atomic E-state index is 13.5. The molecule has 5 rings (SSSR count). The third kappa shape index (κ3) is 4.92. The van der Waals surface area contributed by atoms with Crippen LogP contribution in [0, 0.1) is 12.8 Å². The fourth-order valence-electron chi connectivity index (χ4n) is 4.22. The molecule has 1 atom stereocenters. The van der Waals surface area contributed by atoms with Crippen molar-refractivity contribution in [3.63, 3.8) is 0 Å². The molecule has 2 aromatic heterocycles. The fourth-order valence-corrected chi connectivity index (χ4v) is 4.22. The molecule has 4 aromatic rings. The van der Waals surface area contributed by atoms with Gasteiger partial charge in [-0.1, -0.05) is 40.6 Å². The molecule has 8 nitrogen and oxygen atoms in total. The van der Waals surface area contributed by atoms with Crippen LogP contribution in [0.4, 0.5) is 0 Å². The second-order valence-corrected chi connectivity index (χ2v) is 8.51. The lowest BCUT2D eigenvalue weighted by Gasteiger charge is -2.24. The summed E-state index contributed by atoms with van der Waals surface area (Å²) in [6, 6.07) is 17.5. The van der Waals surface area contributed by atoms with Crippen LogP contribution in [0.5, 0.6) is 5.75 Å². The van der Waals surface area contributed by atoms with Gasteiger partial charge >= 0.3 is 0 Å². The summed E-state index contributed by atoms with van der Waals surface area (Å²) >= 11 is 0. The first kappa shape index (κ1) is 22.0. The Balaban J connectivity index is 1.30. The van der Waals surface area contributed by atoms with E-state index in [4.69, 9.17) is 14.1 Å². The molecule has 1 unspecified atom stereocenters. The van der Waals surface area contributed by atoms with Gasteiger partial charge in [-0.15, -0.1) is 0 Å². The van der Waals surface area contributed by atoms with Crippen LogP contribution >= 0.6 is 0 Å². The van der Waals surface area contributed by atoms with Crippen LogP contribution < -0.4 is 4.74 Å². The number of pyridine rings is 1. The average molecular weight is 459 g/mol. The van der Waals surface area contributed by atoms with E-state index in [0.29, 0.717) is 49.0 Å². The summed E-state index contributed by atoms with van der Waals surface area (Å²) in [5, 5.41) is 8.74. The van der Waals surface area contributed by atoms with Crippen LogP contribution in [-0.4, -0.2) is 52.4 Å². The average Bonchev–Trinajstić information content (AvgIpc) is 3.13. The molecule has 1 amide bonds. The molecule has 0 aliphatic carbocycles. The van der Waals surface area contributed by atoms with E-state index in [9.17, 15) is 4.79 Å². The third-order valence-corrected chi connectivity index (χ3v) is 6.02. The summed E-state index contributed by atoms with van der Waals surface area (Å²) in [6.07, 6.45) is 2.71. The van der Waals surface area contributed by atoms with Crippen molar-refractivity contribution in [3.05, 3.63) is 83.3 Å². The van der Waals surface area contributed by atoms with Gasteiger partial charge in [0, 0.05) is 30.6 Å². The largest absolute Gasteiger partial charge is 0.486 e. The van der Waals surface area contributed by atoms with Gasteiger partial charge in [0.25, 0.3) is 5.91 Å². The number of ether oxygens (including phenoxy) is 2. The Labute approximate surface area is 197 Å². The van der Waals surface area contributed by atoms with E-state index in [1.165, 1.54) is 0 Å². The normalized spacial score (nSPS) is 16.4. The number of aromatic nitrogens is 3. The van der Waals surface area contributed by atoms with Crippen molar-refractivity contribution in [1.82, 2.24) is 20.2 Å². The summed E-state index contributed by atoms with van der Waals surface area (Å²) in [5.41, 5.74) is 3.91. The third-order valence-electron chi connectivity index (χ3n) is 6.02. The van der Waals surface area contributed by atoms with Crippen LogP contribution in [0.1, 0.15) is 27.3 Å². The zero-order valence-electron chi connectivity index (χ0n) is 19.0. The SMILES string of the molecule is Cc1nonc1COc1ccccc1C(=O)N1CCOCC(Cc2cnc3ccccc3c2)C1. The van der Waals surface area contributed by atoms with Crippen molar-refractivity contribution < 1.29 is 18.9 Å². The van der Waals surface area contributed by atoms with Gasteiger partial charge in [-0.3, -0.25) is 9.78 Å². The van der Waals surface area contributed by atoms with E-state index in [0.717, 1.165) is 22.9 Å². The molecule has 1 aliphatic rings. The van der Waals surface area contributed by atoms with Gasteiger partial charge in [-0.25, -0.2) is 4.63 Å². The molecule has 1 fully saturated rings. The van der Waals surface area contributed by atoms with Crippen molar-refractivity contribution in [3.8, 4) is 5.75 Å². The zero-order chi connectivity index (χ0) is 23.3. The van der Waals surface area contributed by atoms with E-state index in [-0.39, 0.29) is 18.4 Å². The van der Waals surface area contributed by atoms with Crippen LogP contribution in [0.15, 0.2) is 65.4 Å². The molecule has 0 spiro atoms. The number of hydrogen-bond donors (Lipinski definition) is 0. The first-order valence-corrected chi connectivity index (χ1v) is 11.4. The Kier molecular flexibility index (Phi) is 6.49. The van der Waals surface area contributed by atoms with Crippen molar-refractivity contribution >= 4 is 16.8 Å². The van der Waals surface area contributed by atoms with Gasteiger partial charge in [-0.2, -0.15) is 0 Å². The molecule has 0 bridgehead atoms. The van der Waals surface area contributed by atoms with Gasteiger partial charge in [0.1, 0.15) is 23.7 Å². The maximum Gasteiger partial charge on any atom is 0.257 e. The minimum atomic E-state index is -0.0715. The highest BCUT2D eigenvalue weighted by Crippen LogP contribution is 2.24. The quantitative estimate of drug-likeness (QED) is 0.434. The summed E-state index contributed by atoms with van der Waals surface area (Å²) < 4.78 is 16.5. The summed E-state index contributed by atoms with van der Waals surface area (Å²) in [5.74, 6) is 0.611. The Bertz CT molecular complexity index is 1290. The van der Waals surface area contributed by atoms with E-state index in [2.05, 4.69) is 27.4 Å². The van der Waals surface area contributed by atoms with Crippen LogP contribution in [0.2, 0.25) is 0 Å². The Morgan fingerprint density at radius 2 is 2.00 bits per heavy atom. The van der Waals surface area contributed by atoms with Gasteiger partial charge in [0.05, 0.1) is 24.3 Å². The van der Waals surface area contributed by atoms with Crippen LogP contribution in [0.3, 0.4) is 0 Å². The number of fused-ring (bicyclic) bond motifs is 1. The Morgan fingerprint density at radius 3 is 2.88 bits per heavy atom. The first-order valence-electron chi connectivity index (χ1n) is 11.4. The van der Waals surface area contributed by atoms with Gasteiger partial charge < -0.3 is 14.4 Å². The number of rotatable bonds is 6. The predicted molar refractivity (Wildman–Crippen MR) is 125 cm³/mol. The fraction of sp³-hybridized carbons (Fsp3) is 0.308. The van der Waals surface area contributed by atoms with E-state index >= 15 is 0 Å². The van der Waals surface area contributed by atoms with Crippen molar-refractivity contribution in [2.45, 2.75) is 20.0 Å². The van der Waals surface area contributed by atoms with Crippen molar-refractivity contribution in [2.75, 3.05) is 26.3 Å². The smallest absolute Gasteiger partial charge is 0.257 e. The van der Waals surface area contributed by atoms with Crippen LogP contribution in [-0.2, 0) is 17.8 Å². The minimum Gasteiger partial charge on any atom is -0.486 e. The topological polar surface area (TPSA) is 90.6 Å². The van der Waals surface area contributed by atoms with E-state index in [1.807, 2.05) is 41.4 Å². The van der Waals surface area contributed by atoms with Gasteiger partial charge in [-0.05, 0) is 43.2 Å². The lowest BCUT2D eigenvalue weighted by Crippen LogP contribution is -2.36. The number of aryl methyl sites for hydroxylation is 1. The molecule has 34 heavy (non-hydrogen) atoms. The molecule has 0 N–H and O–H groups in total. The number of amides is 1. The highest BCUT2D eigenvalue weighted by Gasteiger charge is 2.26. The number of carbonyl (C=O) groups is 1. The number of nitrogens with zero attached hydrogens (tertiary/aromatic N) is 4. The second kappa shape index (κ2) is 10.0. The summed E-state index contributed by atoms with van der Waals surface area (Å²) in [7, 11) is 0. The summed E-state index contributed by atoms with van der Waals surface area (Å²) in [4.78, 5) is 19.9. The number of para-hydroxylation sites is 2. The van der Waals surface area contributed by atoms with Gasteiger partial charge in [0.2, 0.25) is 0 Å². The Hall–Kier alpha value is -3.78. The lowest BCUT2D eigenvalue weighted by molar-refractivity contribution is 0.0732. The number of benzene rings is 2. The summed E-state index contributed by atoms with van der Waals surface area (Å²) in [6.45, 7) is 4.23. The molecule has 174 valence electrons. The highest BCUT2D eigenvalue weighted by atomic mass is 16.6. The van der Waals surface area contributed by atoms with Crippen LogP contribution in [0.25, 0.3) is 10.9 Å². The molecular weight excluding hydrogens is 432 g/mol. The standard InChI is InChI=1S/C26H26N4O4/c1-18-24(29-34-28-18)17-33-25-9-5-3-7-22(25)26(31)30-10-11-32-16-20(15-30)12-19-13-21-6-2-4-8-23(21)27-14-19/h2-9,13-14,20H,10-12,15-17H2,1H3. The van der Waals surface area contributed by atoms with Crippen molar-refractivity contribution in [1.29, 1.82) is 0 Å². The molecule has 8 heteroatoms. The first-order chi connectivity index (χ1) is 16.7. The maximum atomic E-state index is 13.5.